The van der Waals surface area contributed by atoms with Crippen molar-refractivity contribution in [1.82, 2.24) is 9.97 Å². The van der Waals surface area contributed by atoms with Crippen LogP contribution >= 0.6 is 11.8 Å². The number of carbonyl (C=O) groups excluding carboxylic acids is 1. The van der Waals surface area contributed by atoms with Crippen LogP contribution < -0.4 is 10.1 Å². The van der Waals surface area contributed by atoms with E-state index in [0.29, 0.717) is 10.8 Å². The number of aryl methyl sites for hydroxylation is 2. The van der Waals surface area contributed by atoms with Gasteiger partial charge in [0.25, 0.3) is 0 Å². The van der Waals surface area contributed by atoms with E-state index in [1.54, 1.807) is 0 Å². The zero-order chi connectivity index (χ0) is 21.7. The first kappa shape index (κ1) is 21.3. The number of carbonyl (C=O) groups is 1. The number of nitro groups is 1. The molecular weight excluding hydrogens is 404 g/mol. The molecule has 30 heavy (non-hydrogen) atoms. The molecule has 3 aromatic rings. The minimum atomic E-state index is -0.541. The second-order valence-electron chi connectivity index (χ2n) is 6.52. The summed E-state index contributed by atoms with van der Waals surface area (Å²) in [6, 6.07) is 14.1. The zero-order valence-electron chi connectivity index (χ0n) is 16.7. The Labute approximate surface area is 177 Å². The highest BCUT2D eigenvalue weighted by Crippen LogP contribution is 2.30. The number of nitro benzene ring substituents is 1. The van der Waals surface area contributed by atoms with E-state index in [-0.39, 0.29) is 23.1 Å². The minimum absolute atomic E-state index is 0.0789. The Kier molecular flexibility index (Phi) is 6.63. The monoisotopic (exact) mass is 424 g/mol. The van der Waals surface area contributed by atoms with Gasteiger partial charge in [-0.3, -0.25) is 14.9 Å². The van der Waals surface area contributed by atoms with Crippen molar-refractivity contribution in [3.63, 3.8) is 0 Å². The standard InChI is InChI=1S/C21H20N4O4S/c1-13-4-6-15(7-5-13)17-10-14(2)22-21(24-17)30-12-20(26)23-16-8-9-18(25(27)28)19(11-16)29-3/h4-11H,12H2,1-3H3,(H,23,26). The van der Waals surface area contributed by atoms with Crippen LogP contribution in [0.15, 0.2) is 53.7 Å². The number of thioether (sulfide) groups is 1. The Morgan fingerprint density at radius 3 is 2.53 bits per heavy atom. The highest BCUT2D eigenvalue weighted by Gasteiger charge is 2.16. The van der Waals surface area contributed by atoms with Gasteiger partial charge in [-0.15, -0.1) is 0 Å². The number of hydrogen-bond donors (Lipinski definition) is 1. The molecule has 0 unspecified atom stereocenters. The first-order chi connectivity index (χ1) is 14.4. The van der Waals surface area contributed by atoms with Crippen molar-refractivity contribution >= 4 is 29.0 Å². The lowest BCUT2D eigenvalue weighted by Gasteiger charge is -2.08. The molecule has 0 bridgehead atoms. The maximum atomic E-state index is 12.3. The van der Waals surface area contributed by atoms with Gasteiger partial charge in [-0.05, 0) is 26.0 Å². The number of rotatable bonds is 7. The van der Waals surface area contributed by atoms with Gasteiger partial charge in [-0.25, -0.2) is 9.97 Å². The summed E-state index contributed by atoms with van der Waals surface area (Å²) < 4.78 is 5.02. The predicted molar refractivity (Wildman–Crippen MR) is 116 cm³/mol. The molecule has 1 amide bonds. The summed E-state index contributed by atoms with van der Waals surface area (Å²) in [4.78, 5) is 31.7. The van der Waals surface area contributed by atoms with Gasteiger partial charge < -0.3 is 10.1 Å². The molecule has 1 heterocycles. The minimum Gasteiger partial charge on any atom is -0.490 e. The fourth-order valence-electron chi connectivity index (χ4n) is 2.71. The molecular formula is C21H20N4O4S. The lowest BCUT2D eigenvalue weighted by molar-refractivity contribution is -0.385. The third kappa shape index (κ3) is 5.32. The molecule has 8 nitrogen and oxygen atoms in total. The molecule has 0 radical (unpaired) electrons. The van der Waals surface area contributed by atoms with Gasteiger partial charge in [-0.1, -0.05) is 41.6 Å². The average molecular weight is 424 g/mol. The molecule has 0 aliphatic carbocycles. The number of ether oxygens (including phenoxy) is 1. The van der Waals surface area contributed by atoms with E-state index in [1.807, 2.05) is 44.2 Å². The van der Waals surface area contributed by atoms with E-state index in [4.69, 9.17) is 4.74 Å². The second-order valence-corrected chi connectivity index (χ2v) is 7.47. The number of nitrogens with one attached hydrogen (secondary N) is 1. The quantitative estimate of drug-likeness (QED) is 0.259. The van der Waals surface area contributed by atoms with E-state index < -0.39 is 4.92 Å². The van der Waals surface area contributed by atoms with Crippen LogP contribution in [-0.2, 0) is 4.79 Å². The van der Waals surface area contributed by atoms with Crippen LogP contribution in [0.4, 0.5) is 11.4 Å². The molecule has 1 aromatic heterocycles. The Bertz CT molecular complexity index is 1090. The number of methoxy groups -OCH3 is 1. The SMILES string of the molecule is COc1cc(NC(=O)CSc2nc(C)cc(-c3ccc(C)cc3)n2)ccc1[N+](=O)[O-]. The molecule has 0 saturated carbocycles. The van der Waals surface area contributed by atoms with E-state index in [2.05, 4.69) is 15.3 Å². The van der Waals surface area contributed by atoms with Gasteiger partial charge in [0.1, 0.15) is 0 Å². The Balaban J connectivity index is 1.67. The normalized spacial score (nSPS) is 10.5. The maximum absolute atomic E-state index is 12.3. The maximum Gasteiger partial charge on any atom is 0.311 e. The molecule has 1 N–H and O–H groups in total. The van der Waals surface area contributed by atoms with Crippen LogP contribution in [0.1, 0.15) is 11.3 Å². The van der Waals surface area contributed by atoms with Gasteiger partial charge in [0, 0.05) is 29.1 Å². The van der Waals surface area contributed by atoms with Gasteiger partial charge in [0.15, 0.2) is 10.9 Å². The van der Waals surface area contributed by atoms with Crippen LogP contribution in [0.3, 0.4) is 0 Å². The molecule has 2 aromatic carbocycles. The summed E-state index contributed by atoms with van der Waals surface area (Å²) in [7, 11) is 1.34. The molecule has 3 rings (SSSR count). The van der Waals surface area contributed by atoms with Gasteiger partial charge in [0.2, 0.25) is 5.91 Å². The molecule has 0 aliphatic heterocycles. The molecule has 154 valence electrons. The Morgan fingerprint density at radius 2 is 1.87 bits per heavy atom. The van der Waals surface area contributed by atoms with Crippen molar-refractivity contribution in [2.75, 3.05) is 18.2 Å². The molecule has 0 atom stereocenters. The van der Waals surface area contributed by atoms with Crippen molar-refractivity contribution < 1.29 is 14.5 Å². The molecule has 0 fully saturated rings. The summed E-state index contributed by atoms with van der Waals surface area (Å²) in [5.74, 6) is -0.107. The molecule has 0 spiro atoms. The first-order valence-electron chi connectivity index (χ1n) is 9.03. The van der Waals surface area contributed by atoms with E-state index in [0.717, 1.165) is 17.0 Å². The largest absolute Gasteiger partial charge is 0.490 e. The zero-order valence-corrected chi connectivity index (χ0v) is 17.5. The second kappa shape index (κ2) is 9.36. The van der Waals surface area contributed by atoms with Crippen molar-refractivity contribution in [3.8, 4) is 17.0 Å². The summed E-state index contributed by atoms with van der Waals surface area (Å²) >= 11 is 1.22. The van der Waals surface area contributed by atoms with Crippen LogP contribution in [0.25, 0.3) is 11.3 Å². The number of hydrogen-bond acceptors (Lipinski definition) is 7. The van der Waals surface area contributed by atoms with Gasteiger partial charge >= 0.3 is 5.69 Å². The fourth-order valence-corrected chi connectivity index (χ4v) is 3.42. The number of anilines is 1. The van der Waals surface area contributed by atoms with Crippen molar-refractivity contribution in [2.24, 2.45) is 0 Å². The van der Waals surface area contributed by atoms with Crippen LogP contribution in [0.5, 0.6) is 5.75 Å². The fraction of sp³-hybridized carbons (Fsp3) is 0.190. The summed E-state index contributed by atoms with van der Waals surface area (Å²) in [5, 5.41) is 14.2. The first-order valence-corrected chi connectivity index (χ1v) is 10.0. The third-order valence-corrected chi connectivity index (χ3v) is 5.02. The summed E-state index contributed by atoms with van der Waals surface area (Å²) in [6.45, 7) is 3.90. The number of amides is 1. The summed E-state index contributed by atoms with van der Waals surface area (Å²) in [5.41, 5.74) is 4.00. The molecule has 0 aliphatic rings. The lowest BCUT2D eigenvalue weighted by atomic mass is 10.1. The summed E-state index contributed by atoms with van der Waals surface area (Å²) in [6.07, 6.45) is 0. The molecule has 0 saturated heterocycles. The smallest absolute Gasteiger partial charge is 0.311 e. The third-order valence-electron chi connectivity index (χ3n) is 4.17. The van der Waals surface area contributed by atoms with Crippen molar-refractivity contribution in [3.05, 3.63) is 69.9 Å². The Hall–Kier alpha value is -3.46. The van der Waals surface area contributed by atoms with Gasteiger partial charge in [-0.2, -0.15) is 0 Å². The van der Waals surface area contributed by atoms with Crippen LogP contribution in [-0.4, -0.2) is 33.7 Å². The Morgan fingerprint density at radius 1 is 1.13 bits per heavy atom. The molecule has 9 heteroatoms. The highest BCUT2D eigenvalue weighted by molar-refractivity contribution is 7.99. The van der Waals surface area contributed by atoms with E-state index >= 15 is 0 Å². The van der Waals surface area contributed by atoms with E-state index in [9.17, 15) is 14.9 Å². The van der Waals surface area contributed by atoms with E-state index in [1.165, 1.54) is 42.6 Å². The predicted octanol–water partition coefficient (Wildman–Crippen LogP) is 4.41. The number of nitrogens with zero attached hydrogens (tertiary/aromatic N) is 3. The van der Waals surface area contributed by atoms with Gasteiger partial charge in [0.05, 0.1) is 23.5 Å². The lowest BCUT2D eigenvalue weighted by Crippen LogP contribution is -2.14. The average Bonchev–Trinajstić information content (AvgIpc) is 2.72. The topological polar surface area (TPSA) is 107 Å². The number of benzene rings is 2. The van der Waals surface area contributed by atoms with Crippen LogP contribution in [0.2, 0.25) is 0 Å². The van der Waals surface area contributed by atoms with Crippen molar-refractivity contribution in [2.45, 2.75) is 19.0 Å². The number of aromatic nitrogens is 2. The van der Waals surface area contributed by atoms with Crippen molar-refractivity contribution in [1.29, 1.82) is 0 Å². The highest BCUT2D eigenvalue weighted by atomic mass is 32.2. The van der Waals surface area contributed by atoms with Crippen LogP contribution in [0, 0.1) is 24.0 Å².